The third kappa shape index (κ3) is 4.81. The van der Waals surface area contributed by atoms with E-state index in [9.17, 15) is 4.79 Å². The summed E-state index contributed by atoms with van der Waals surface area (Å²) in [6, 6.07) is 3.90. The van der Waals surface area contributed by atoms with E-state index in [2.05, 4.69) is 47.0 Å². The van der Waals surface area contributed by atoms with E-state index in [4.69, 9.17) is 4.74 Å². The molecule has 1 fully saturated rings. The van der Waals surface area contributed by atoms with Crippen LogP contribution in [0.2, 0.25) is 0 Å². The maximum absolute atomic E-state index is 10.6. The first kappa shape index (κ1) is 13.9. The topological polar surface area (TPSA) is 48.4 Å². The van der Waals surface area contributed by atoms with Gasteiger partial charge < -0.3 is 9.47 Å². The lowest BCUT2D eigenvalue weighted by Gasteiger charge is -2.04. The maximum atomic E-state index is 10.6. The predicted octanol–water partition coefficient (Wildman–Crippen LogP) is 3.32. The zero-order chi connectivity index (χ0) is 11.8. The van der Waals surface area contributed by atoms with E-state index in [1.807, 2.05) is 18.3 Å². The van der Waals surface area contributed by atoms with Crippen LogP contribution in [0.3, 0.4) is 0 Å². The molecule has 1 saturated heterocycles. The van der Waals surface area contributed by atoms with Gasteiger partial charge in [-0.05, 0) is 24.5 Å². The minimum Gasteiger partial charge on any atom is -0.430 e. The standard InChI is InChI=1S/C10H11NO3.I2/c12-10-13-7-9(14-10)4-3-8-2-1-5-11-6-8;1-2/h1-2,5-6,9H,3-4,7H2;. The second-order valence-corrected chi connectivity index (χ2v) is 3.20. The number of aryl methyl sites for hydroxylation is 1. The molecule has 1 aliphatic rings. The Morgan fingerprint density at radius 2 is 2.31 bits per heavy atom. The smallest absolute Gasteiger partial charge is 0.430 e. The van der Waals surface area contributed by atoms with Gasteiger partial charge in [0.1, 0.15) is 12.7 Å². The lowest BCUT2D eigenvalue weighted by molar-refractivity contribution is 0.116. The molecule has 6 heteroatoms. The average molecular weight is 447 g/mol. The van der Waals surface area contributed by atoms with Gasteiger partial charge in [-0.2, -0.15) is 0 Å². The summed E-state index contributed by atoms with van der Waals surface area (Å²) in [5, 5.41) is 0. The number of rotatable bonds is 3. The zero-order valence-corrected chi connectivity index (χ0v) is 12.8. The Labute approximate surface area is 117 Å². The van der Waals surface area contributed by atoms with Crippen molar-refractivity contribution in [2.45, 2.75) is 18.9 Å². The molecule has 4 nitrogen and oxygen atoms in total. The van der Waals surface area contributed by atoms with Gasteiger partial charge in [0.05, 0.1) is 0 Å². The van der Waals surface area contributed by atoms with Gasteiger partial charge in [-0.3, -0.25) is 4.98 Å². The number of carbonyl (C=O) groups excluding carboxylic acids is 1. The van der Waals surface area contributed by atoms with E-state index >= 15 is 0 Å². The fourth-order valence-corrected chi connectivity index (χ4v) is 1.38. The van der Waals surface area contributed by atoms with E-state index in [-0.39, 0.29) is 6.10 Å². The summed E-state index contributed by atoms with van der Waals surface area (Å²) < 4.78 is 9.58. The number of cyclic esters (lactones) is 2. The Morgan fingerprint density at radius 3 is 2.88 bits per heavy atom. The van der Waals surface area contributed by atoms with Crippen molar-refractivity contribution in [2.24, 2.45) is 0 Å². The molecule has 0 radical (unpaired) electrons. The van der Waals surface area contributed by atoms with Crippen LogP contribution < -0.4 is 0 Å². The van der Waals surface area contributed by atoms with Gasteiger partial charge in [0, 0.05) is 49.6 Å². The summed E-state index contributed by atoms with van der Waals surface area (Å²) in [7, 11) is 0. The fourth-order valence-electron chi connectivity index (χ4n) is 1.38. The van der Waals surface area contributed by atoms with Crippen LogP contribution in [0.15, 0.2) is 24.5 Å². The summed E-state index contributed by atoms with van der Waals surface area (Å²) in [4.78, 5) is 14.6. The lowest BCUT2D eigenvalue weighted by Crippen LogP contribution is -2.10. The van der Waals surface area contributed by atoms with E-state index in [0.29, 0.717) is 6.61 Å². The van der Waals surface area contributed by atoms with Crippen molar-refractivity contribution in [3.63, 3.8) is 0 Å². The van der Waals surface area contributed by atoms with Crippen molar-refractivity contribution >= 4 is 43.4 Å². The lowest BCUT2D eigenvalue weighted by atomic mass is 10.1. The van der Waals surface area contributed by atoms with Crippen molar-refractivity contribution in [3.05, 3.63) is 30.1 Å². The number of pyridine rings is 1. The largest absolute Gasteiger partial charge is 0.508 e. The van der Waals surface area contributed by atoms with Gasteiger partial charge >= 0.3 is 6.16 Å². The molecular weight excluding hydrogens is 436 g/mol. The number of carbonyl (C=O) groups is 1. The van der Waals surface area contributed by atoms with E-state index in [0.717, 1.165) is 18.4 Å². The number of hydrogen-bond acceptors (Lipinski definition) is 4. The minimum atomic E-state index is -0.554. The van der Waals surface area contributed by atoms with Crippen molar-refractivity contribution in [1.82, 2.24) is 4.98 Å². The Bertz CT molecular complexity index is 321. The molecule has 1 aliphatic heterocycles. The van der Waals surface area contributed by atoms with Crippen LogP contribution in [0.4, 0.5) is 4.79 Å². The number of ether oxygens (including phenoxy) is 2. The van der Waals surface area contributed by atoms with Crippen molar-refractivity contribution in [2.75, 3.05) is 6.61 Å². The third-order valence-electron chi connectivity index (χ3n) is 2.13. The molecule has 0 N–H and O–H groups in total. The van der Waals surface area contributed by atoms with Crippen molar-refractivity contribution < 1.29 is 14.3 Å². The van der Waals surface area contributed by atoms with Crippen LogP contribution in [0.25, 0.3) is 0 Å². The molecule has 88 valence electrons. The van der Waals surface area contributed by atoms with Gasteiger partial charge in [-0.25, -0.2) is 4.79 Å². The van der Waals surface area contributed by atoms with Gasteiger partial charge in [-0.1, -0.05) is 6.07 Å². The predicted molar refractivity (Wildman–Crippen MR) is 76.8 cm³/mol. The number of aromatic nitrogens is 1. The first-order chi connectivity index (χ1) is 7.84. The fraction of sp³-hybridized carbons (Fsp3) is 0.400. The molecule has 0 aliphatic carbocycles. The molecule has 1 aromatic heterocycles. The zero-order valence-electron chi connectivity index (χ0n) is 8.44. The average Bonchev–Trinajstić information content (AvgIpc) is 2.77. The maximum Gasteiger partial charge on any atom is 0.508 e. The van der Waals surface area contributed by atoms with Crippen LogP contribution >= 0.6 is 37.2 Å². The Kier molecular flexibility index (Phi) is 7.01. The number of hydrogen-bond donors (Lipinski definition) is 0. The first-order valence-corrected chi connectivity index (χ1v) is 11.0. The Balaban J connectivity index is 0.000000606. The molecule has 2 heterocycles. The van der Waals surface area contributed by atoms with Crippen LogP contribution in [-0.2, 0) is 15.9 Å². The Hall–Kier alpha value is -0.120. The highest BCUT2D eigenvalue weighted by Gasteiger charge is 2.24. The van der Waals surface area contributed by atoms with Crippen molar-refractivity contribution in [3.8, 4) is 0 Å². The summed E-state index contributed by atoms with van der Waals surface area (Å²) in [5.74, 6) is 0. The summed E-state index contributed by atoms with van der Waals surface area (Å²) >= 11 is 4.24. The SMILES string of the molecule is II.O=C1OCC(CCc2cccnc2)O1. The highest BCUT2D eigenvalue weighted by molar-refractivity contribution is 15.0. The summed E-state index contributed by atoms with van der Waals surface area (Å²) in [6.07, 6.45) is 4.55. The normalized spacial score (nSPS) is 18.1. The molecule has 0 spiro atoms. The van der Waals surface area contributed by atoms with Crippen LogP contribution in [0.1, 0.15) is 12.0 Å². The van der Waals surface area contributed by atoms with Gasteiger partial charge in [0.15, 0.2) is 0 Å². The highest BCUT2D eigenvalue weighted by atomic mass is 128. The number of nitrogens with zero attached hydrogens (tertiary/aromatic N) is 1. The monoisotopic (exact) mass is 447 g/mol. The second kappa shape index (κ2) is 8.04. The molecule has 1 unspecified atom stereocenters. The third-order valence-corrected chi connectivity index (χ3v) is 2.13. The highest BCUT2D eigenvalue weighted by Crippen LogP contribution is 2.12. The van der Waals surface area contributed by atoms with Gasteiger partial charge in [0.2, 0.25) is 0 Å². The van der Waals surface area contributed by atoms with Gasteiger partial charge in [0.25, 0.3) is 0 Å². The number of halogens is 2. The minimum absolute atomic E-state index is 0.0947. The molecule has 0 amide bonds. The molecule has 1 aromatic rings. The van der Waals surface area contributed by atoms with Crippen LogP contribution in [0.5, 0.6) is 0 Å². The molecule has 2 rings (SSSR count). The quantitative estimate of drug-likeness (QED) is 0.528. The van der Waals surface area contributed by atoms with Crippen LogP contribution in [-0.4, -0.2) is 23.9 Å². The van der Waals surface area contributed by atoms with Gasteiger partial charge in [-0.15, -0.1) is 0 Å². The van der Waals surface area contributed by atoms with E-state index in [1.165, 1.54) is 0 Å². The summed E-state index contributed by atoms with van der Waals surface area (Å²) in [6.45, 7) is 0.374. The summed E-state index contributed by atoms with van der Waals surface area (Å²) in [5.41, 5.74) is 1.15. The molecule has 0 aromatic carbocycles. The molecule has 0 bridgehead atoms. The van der Waals surface area contributed by atoms with Crippen LogP contribution in [0, 0.1) is 0 Å². The van der Waals surface area contributed by atoms with Crippen molar-refractivity contribution in [1.29, 1.82) is 0 Å². The first-order valence-electron chi connectivity index (χ1n) is 4.71. The Morgan fingerprint density at radius 1 is 1.50 bits per heavy atom. The second-order valence-electron chi connectivity index (χ2n) is 3.20. The molecular formula is C10H11I2NO3. The molecule has 0 saturated carbocycles. The van der Waals surface area contributed by atoms with E-state index in [1.54, 1.807) is 6.20 Å². The molecule has 1 atom stereocenters. The molecule has 16 heavy (non-hydrogen) atoms. The van der Waals surface area contributed by atoms with E-state index < -0.39 is 6.16 Å².